The third kappa shape index (κ3) is 3.96. The molecule has 8 heteroatoms. The molecule has 1 aromatic heterocycles. The lowest BCUT2D eigenvalue weighted by Crippen LogP contribution is -2.49. The molecule has 29 heavy (non-hydrogen) atoms. The molecule has 0 aliphatic carbocycles. The van der Waals surface area contributed by atoms with Gasteiger partial charge in [-0.15, -0.1) is 0 Å². The number of aromatic nitrogens is 2. The van der Waals surface area contributed by atoms with Gasteiger partial charge in [-0.3, -0.25) is 14.7 Å². The summed E-state index contributed by atoms with van der Waals surface area (Å²) in [5.41, 5.74) is 2.21. The van der Waals surface area contributed by atoms with E-state index in [1.165, 1.54) is 17.0 Å². The Balaban J connectivity index is 1.44. The molecule has 1 atom stereocenters. The molecule has 0 saturated carbocycles. The second-order valence-electron chi connectivity index (χ2n) is 6.79. The summed E-state index contributed by atoms with van der Waals surface area (Å²) in [6.07, 6.45) is 0.404. The standard InChI is InChI=1S/C21H19FN4O3/c1-26-18-7-2-3-8-19(18)29-12-17(21(26)28)23-20(27)16-11-15(24-25-16)10-13-5-4-6-14(22)9-13/h2-9,11,17H,10,12H2,1H3,(H,23,27)(H,24,25)/t17-/m1/s1. The molecule has 0 unspecified atom stereocenters. The number of likely N-dealkylation sites (N-methyl/N-ethyl adjacent to an activating group) is 1. The summed E-state index contributed by atoms with van der Waals surface area (Å²) in [7, 11) is 1.64. The van der Waals surface area contributed by atoms with E-state index in [9.17, 15) is 14.0 Å². The molecule has 0 radical (unpaired) electrons. The molecule has 0 bridgehead atoms. The van der Waals surface area contributed by atoms with Gasteiger partial charge in [0.2, 0.25) is 0 Å². The number of hydrogen-bond donors (Lipinski definition) is 2. The first-order chi connectivity index (χ1) is 14.0. The molecule has 2 aromatic carbocycles. The number of ether oxygens (including phenoxy) is 1. The minimum Gasteiger partial charge on any atom is -0.489 e. The molecular formula is C21H19FN4O3. The molecule has 3 aromatic rings. The Morgan fingerprint density at radius 3 is 2.93 bits per heavy atom. The Labute approximate surface area is 166 Å². The highest BCUT2D eigenvalue weighted by atomic mass is 19.1. The summed E-state index contributed by atoms with van der Waals surface area (Å²) in [5, 5.41) is 9.47. The van der Waals surface area contributed by atoms with Gasteiger partial charge in [-0.1, -0.05) is 24.3 Å². The predicted molar refractivity (Wildman–Crippen MR) is 104 cm³/mol. The lowest BCUT2D eigenvalue weighted by atomic mass is 10.1. The smallest absolute Gasteiger partial charge is 0.272 e. The molecule has 1 aliphatic rings. The van der Waals surface area contributed by atoms with E-state index in [-0.39, 0.29) is 24.0 Å². The van der Waals surface area contributed by atoms with E-state index in [0.717, 1.165) is 5.56 Å². The second kappa shape index (κ2) is 7.75. The number of hydrogen-bond acceptors (Lipinski definition) is 4. The molecular weight excluding hydrogens is 375 g/mol. The number of nitrogens with one attached hydrogen (secondary N) is 2. The molecule has 7 nitrogen and oxygen atoms in total. The highest BCUT2D eigenvalue weighted by molar-refractivity contribution is 6.02. The number of halogens is 1. The number of amides is 2. The van der Waals surface area contributed by atoms with Gasteiger partial charge < -0.3 is 15.0 Å². The van der Waals surface area contributed by atoms with Gasteiger partial charge >= 0.3 is 0 Å². The van der Waals surface area contributed by atoms with E-state index in [4.69, 9.17) is 4.74 Å². The van der Waals surface area contributed by atoms with Crippen LogP contribution in [0, 0.1) is 5.82 Å². The molecule has 4 rings (SSSR count). The fourth-order valence-electron chi connectivity index (χ4n) is 3.22. The maximum atomic E-state index is 13.3. The molecule has 0 saturated heterocycles. The van der Waals surface area contributed by atoms with Crippen molar-refractivity contribution in [2.24, 2.45) is 0 Å². The third-order valence-corrected chi connectivity index (χ3v) is 4.71. The molecule has 2 heterocycles. The summed E-state index contributed by atoms with van der Waals surface area (Å²) in [5.74, 6) is -0.513. The highest BCUT2D eigenvalue weighted by Crippen LogP contribution is 2.29. The number of carbonyl (C=O) groups is 2. The van der Waals surface area contributed by atoms with Crippen LogP contribution in [0.15, 0.2) is 54.6 Å². The van der Waals surface area contributed by atoms with Crippen LogP contribution in [-0.2, 0) is 11.2 Å². The summed E-state index contributed by atoms with van der Waals surface area (Å²) in [6.45, 7) is 0.0203. The van der Waals surface area contributed by atoms with Crippen LogP contribution >= 0.6 is 0 Å². The Hall–Kier alpha value is -3.68. The number of benzene rings is 2. The topological polar surface area (TPSA) is 87.3 Å². The first kappa shape index (κ1) is 18.7. The van der Waals surface area contributed by atoms with Crippen molar-refractivity contribution in [3.63, 3.8) is 0 Å². The number of aromatic amines is 1. The Morgan fingerprint density at radius 1 is 1.28 bits per heavy atom. The lowest BCUT2D eigenvalue weighted by Gasteiger charge is -2.19. The summed E-state index contributed by atoms with van der Waals surface area (Å²) in [6, 6.07) is 14.1. The first-order valence-electron chi connectivity index (χ1n) is 9.10. The quantitative estimate of drug-likeness (QED) is 0.711. The van der Waals surface area contributed by atoms with Crippen molar-refractivity contribution in [3.8, 4) is 5.75 Å². The summed E-state index contributed by atoms with van der Waals surface area (Å²) < 4.78 is 19.0. The van der Waals surface area contributed by atoms with Gasteiger partial charge in [0.25, 0.3) is 11.8 Å². The monoisotopic (exact) mass is 394 g/mol. The largest absolute Gasteiger partial charge is 0.489 e. The van der Waals surface area contributed by atoms with Gasteiger partial charge in [-0.25, -0.2) is 4.39 Å². The van der Waals surface area contributed by atoms with E-state index in [0.29, 0.717) is 23.6 Å². The van der Waals surface area contributed by atoms with Crippen LogP contribution in [0.25, 0.3) is 0 Å². The number of fused-ring (bicyclic) bond motifs is 1. The fourth-order valence-corrected chi connectivity index (χ4v) is 3.22. The number of para-hydroxylation sites is 2. The predicted octanol–water partition coefficient (Wildman–Crippen LogP) is 2.29. The van der Waals surface area contributed by atoms with Crippen molar-refractivity contribution in [3.05, 3.63) is 77.4 Å². The SMILES string of the molecule is CN1C(=O)[C@H](NC(=O)c2cc(Cc3cccc(F)c3)[nH]n2)COc2ccccc21. The van der Waals surface area contributed by atoms with Crippen molar-refractivity contribution in [1.29, 1.82) is 0 Å². The minimum absolute atomic E-state index is 0.0203. The van der Waals surface area contributed by atoms with Crippen molar-refractivity contribution in [1.82, 2.24) is 15.5 Å². The highest BCUT2D eigenvalue weighted by Gasteiger charge is 2.31. The second-order valence-corrected chi connectivity index (χ2v) is 6.79. The zero-order valence-corrected chi connectivity index (χ0v) is 15.7. The number of anilines is 1. The number of rotatable bonds is 4. The molecule has 2 amide bonds. The van der Waals surface area contributed by atoms with Crippen LogP contribution in [0.5, 0.6) is 5.75 Å². The maximum Gasteiger partial charge on any atom is 0.272 e. The van der Waals surface area contributed by atoms with E-state index >= 15 is 0 Å². The van der Waals surface area contributed by atoms with Gasteiger partial charge in [0.15, 0.2) is 0 Å². The minimum atomic E-state index is -0.844. The van der Waals surface area contributed by atoms with Crippen molar-refractivity contribution < 1.29 is 18.7 Å². The normalized spacial score (nSPS) is 16.0. The maximum absolute atomic E-state index is 13.3. The van der Waals surface area contributed by atoms with Crippen molar-refractivity contribution >= 4 is 17.5 Å². The van der Waals surface area contributed by atoms with Crippen LogP contribution in [-0.4, -0.2) is 41.7 Å². The average molecular weight is 394 g/mol. The zero-order chi connectivity index (χ0) is 20.4. The first-order valence-corrected chi connectivity index (χ1v) is 9.10. The number of nitrogens with zero attached hydrogens (tertiary/aromatic N) is 2. The summed E-state index contributed by atoms with van der Waals surface area (Å²) in [4.78, 5) is 26.8. The van der Waals surface area contributed by atoms with E-state index < -0.39 is 11.9 Å². The van der Waals surface area contributed by atoms with Crippen molar-refractivity contribution in [2.75, 3.05) is 18.6 Å². The van der Waals surface area contributed by atoms with Crippen LogP contribution in [0.3, 0.4) is 0 Å². The third-order valence-electron chi connectivity index (χ3n) is 4.71. The zero-order valence-electron chi connectivity index (χ0n) is 15.7. The molecule has 0 fully saturated rings. The Kier molecular flexibility index (Phi) is 4.99. The molecule has 0 spiro atoms. The fraction of sp³-hybridized carbons (Fsp3) is 0.190. The Morgan fingerprint density at radius 2 is 2.10 bits per heavy atom. The van der Waals surface area contributed by atoms with Gasteiger partial charge in [-0.2, -0.15) is 5.10 Å². The molecule has 1 aliphatic heterocycles. The van der Waals surface area contributed by atoms with Gasteiger partial charge in [0.05, 0.1) is 5.69 Å². The number of H-pyrrole nitrogens is 1. The van der Waals surface area contributed by atoms with E-state index in [2.05, 4.69) is 15.5 Å². The van der Waals surface area contributed by atoms with Crippen LogP contribution in [0.4, 0.5) is 10.1 Å². The van der Waals surface area contributed by atoms with Gasteiger partial charge in [-0.05, 0) is 35.9 Å². The number of carbonyl (C=O) groups excluding carboxylic acids is 2. The van der Waals surface area contributed by atoms with E-state index in [1.807, 2.05) is 12.1 Å². The lowest BCUT2D eigenvalue weighted by molar-refractivity contribution is -0.120. The van der Waals surface area contributed by atoms with Gasteiger partial charge in [0, 0.05) is 19.2 Å². The molecule has 148 valence electrons. The Bertz CT molecular complexity index is 1070. The van der Waals surface area contributed by atoms with Crippen LogP contribution in [0.2, 0.25) is 0 Å². The van der Waals surface area contributed by atoms with Crippen molar-refractivity contribution in [2.45, 2.75) is 12.5 Å². The summed E-state index contributed by atoms with van der Waals surface area (Å²) >= 11 is 0. The van der Waals surface area contributed by atoms with Crippen LogP contribution < -0.4 is 15.0 Å². The van der Waals surface area contributed by atoms with Crippen LogP contribution in [0.1, 0.15) is 21.7 Å². The van der Waals surface area contributed by atoms with E-state index in [1.54, 1.807) is 37.4 Å². The molecule has 2 N–H and O–H groups in total. The van der Waals surface area contributed by atoms with Gasteiger partial charge in [0.1, 0.15) is 29.9 Å². The average Bonchev–Trinajstić information content (AvgIpc) is 3.14.